The van der Waals surface area contributed by atoms with Crippen LogP contribution in [0.5, 0.6) is 0 Å². The lowest BCUT2D eigenvalue weighted by molar-refractivity contribution is 0.163. The van der Waals surface area contributed by atoms with Gasteiger partial charge in [0.1, 0.15) is 5.01 Å². The molecule has 2 N–H and O–H groups in total. The van der Waals surface area contributed by atoms with Gasteiger partial charge < -0.3 is 10.4 Å². The summed E-state index contributed by atoms with van der Waals surface area (Å²) in [4.78, 5) is 9.94. The van der Waals surface area contributed by atoms with Gasteiger partial charge >= 0.3 is 0 Å². The molecule has 0 spiro atoms. The van der Waals surface area contributed by atoms with E-state index in [1.54, 1.807) is 17.5 Å². The Balaban J connectivity index is 1.66. The summed E-state index contributed by atoms with van der Waals surface area (Å²) >= 11 is 1.66. The van der Waals surface area contributed by atoms with E-state index >= 15 is 0 Å². The maximum Gasteiger partial charge on any atom is 0.142 e. The Morgan fingerprint density at radius 1 is 1.25 bits per heavy atom. The van der Waals surface area contributed by atoms with Crippen LogP contribution in [-0.4, -0.2) is 27.2 Å². The van der Waals surface area contributed by atoms with Crippen LogP contribution < -0.4 is 5.32 Å². The van der Waals surface area contributed by atoms with Gasteiger partial charge in [-0.3, -0.25) is 4.98 Å². The Morgan fingerprint density at radius 3 is 2.80 bits per heavy atom. The van der Waals surface area contributed by atoms with Crippen LogP contribution in [0, 0.1) is 0 Å². The highest BCUT2D eigenvalue weighted by molar-refractivity contribution is 7.14. The number of hydrogen-bond donors (Lipinski definition) is 2. The summed E-state index contributed by atoms with van der Waals surface area (Å²) in [5.74, 6) is 0. The smallest absolute Gasteiger partial charge is 0.142 e. The summed E-state index contributed by atoms with van der Waals surface area (Å²) in [5.41, 5.74) is 0.844. The molecule has 0 aliphatic heterocycles. The number of nitrogens with one attached hydrogen (secondary N) is 1. The molecule has 1 aliphatic carbocycles. The molecule has 0 radical (unpaired) electrons. The Bertz CT molecular complexity index is 549. The van der Waals surface area contributed by atoms with Gasteiger partial charge in [-0.25, -0.2) is 4.98 Å². The van der Waals surface area contributed by atoms with E-state index in [0.717, 1.165) is 30.1 Å². The van der Waals surface area contributed by atoms with Gasteiger partial charge in [-0.2, -0.15) is 0 Å². The predicted molar refractivity (Wildman–Crippen MR) is 80.5 cm³/mol. The number of hydrogen-bond acceptors (Lipinski definition) is 5. The fourth-order valence-corrected chi connectivity index (χ4v) is 3.54. The monoisotopic (exact) mass is 289 g/mol. The lowest BCUT2D eigenvalue weighted by atomic mass is 9.99. The van der Waals surface area contributed by atoms with Crippen molar-refractivity contribution in [2.75, 3.05) is 6.61 Å². The SMILES string of the molecule is OCC1(NCc2cnc(-c3ccccn3)s2)CCCC1. The maximum atomic E-state index is 9.59. The van der Waals surface area contributed by atoms with Gasteiger partial charge in [0.2, 0.25) is 0 Å². The minimum Gasteiger partial charge on any atom is -0.394 e. The first-order chi connectivity index (χ1) is 9.81. The lowest BCUT2D eigenvalue weighted by Gasteiger charge is -2.27. The lowest BCUT2D eigenvalue weighted by Crippen LogP contribution is -2.45. The Morgan fingerprint density at radius 2 is 2.10 bits per heavy atom. The molecule has 0 unspecified atom stereocenters. The zero-order valence-electron chi connectivity index (χ0n) is 11.4. The molecule has 20 heavy (non-hydrogen) atoms. The van der Waals surface area contributed by atoms with Crippen molar-refractivity contribution in [3.63, 3.8) is 0 Å². The quantitative estimate of drug-likeness (QED) is 0.888. The molecule has 0 aromatic carbocycles. The van der Waals surface area contributed by atoms with E-state index in [1.165, 1.54) is 17.7 Å². The third-order valence-electron chi connectivity index (χ3n) is 3.94. The Labute approximate surface area is 122 Å². The van der Waals surface area contributed by atoms with Crippen molar-refractivity contribution in [3.8, 4) is 10.7 Å². The van der Waals surface area contributed by atoms with Gasteiger partial charge in [-0.15, -0.1) is 11.3 Å². The van der Waals surface area contributed by atoms with Gasteiger partial charge in [0.15, 0.2) is 0 Å². The first-order valence-electron chi connectivity index (χ1n) is 7.03. The van der Waals surface area contributed by atoms with Crippen LogP contribution >= 0.6 is 11.3 Å². The second kappa shape index (κ2) is 5.99. The number of nitrogens with zero attached hydrogens (tertiary/aromatic N) is 2. The highest BCUT2D eigenvalue weighted by atomic mass is 32.1. The summed E-state index contributed by atoms with van der Waals surface area (Å²) in [6.45, 7) is 0.990. The maximum absolute atomic E-state index is 9.59. The van der Waals surface area contributed by atoms with Crippen LogP contribution in [0.2, 0.25) is 0 Å². The first kappa shape index (κ1) is 13.7. The van der Waals surface area contributed by atoms with Crippen LogP contribution in [0.4, 0.5) is 0 Å². The highest BCUT2D eigenvalue weighted by Crippen LogP contribution is 2.30. The van der Waals surface area contributed by atoms with Crippen molar-refractivity contribution in [3.05, 3.63) is 35.5 Å². The molecule has 1 fully saturated rings. The fraction of sp³-hybridized carbons (Fsp3) is 0.467. The van der Waals surface area contributed by atoms with Gasteiger partial charge in [0.05, 0.1) is 12.3 Å². The van der Waals surface area contributed by atoms with Gasteiger partial charge in [-0.05, 0) is 25.0 Å². The predicted octanol–water partition coefficient (Wildman–Crippen LogP) is 2.60. The molecule has 2 aromatic heterocycles. The minimum atomic E-state index is -0.0743. The van der Waals surface area contributed by atoms with Gasteiger partial charge in [0, 0.05) is 29.4 Å². The van der Waals surface area contributed by atoms with Crippen molar-refractivity contribution < 1.29 is 5.11 Å². The third-order valence-corrected chi connectivity index (χ3v) is 4.96. The van der Waals surface area contributed by atoms with Crippen molar-refractivity contribution in [1.29, 1.82) is 0 Å². The zero-order chi connectivity index (χ0) is 13.8. The molecule has 0 amide bonds. The molecular formula is C15H19N3OS. The standard InChI is InChI=1S/C15H19N3OS/c19-11-15(6-2-3-7-15)18-10-12-9-17-14(20-12)13-5-1-4-8-16-13/h1,4-5,8-9,18-19H,2-3,6-7,10-11H2. The second-order valence-electron chi connectivity index (χ2n) is 5.35. The molecule has 106 valence electrons. The Hall–Kier alpha value is -1.30. The van der Waals surface area contributed by atoms with Crippen LogP contribution in [-0.2, 0) is 6.54 Å². The van der Waals surface area contributed by atoms with Crippen molar-refractivity contribution in [1.82, 2.24) is 15.3 Å². The zero-order valence-corrected chi connectivity index (χ0v) is 12.2. The number of pyridine rings is 1. The van der Waals surface area contributed by atoms with Crippen LogP contribution in [0.15, 0.2) is 30.6 Å². The van der Waals surface area contributed by atoms with E-state index in [-0.39, 0.29) is 12.1 Å². The summed E-state index contributed by atoms with van der Waals surface area (Å²) in [6, 6.07) is 5.85. The van der Waals surface area contributed by atoms with Crippen LogP contribution in [0.3, 0.4) is 0 Å². The van der Waals surface area contributed by atoms with Gasteiger partial charge in [0.25, 0.3) is 0 Å². The Kier molecular flexibility index (Phi) is 4.10. The summed E-state index contributed by atoms with van der Waals surface area (Å²) in [5, 5.41) is 14.1. The van der Waals surface area contributed by atoms with Crippen LogP contribution in [0.1, 0.15) is 30.6 Å². The molecule has 2 heterocycles. The van der Waals surface area contributed by atoms with E-state index in [1.807, 2.05) is 24.4 Å². The number of aliphatic hydroxyl groups is 1. The minimum absolute atomic E-state index is 0.0743. The van der Waals surface area contributed by atoms with Crippen molar-refractivity contribution >= 4 is 11.3 Å². The summed E-state index contributed by atoms with van der Waals surface area (Å²) < 4.78 is 0. The normalized spacial score (nSPS) is 17.4. The average molecular weight is 289 g/mol. The third kappa shape index (κ3) is 2.90. The molecule has 0 bridgehead atoms. The first-order valence-corrected chi connectivity index (χ1v) is 7.85. The van der Waals surface area contributed by atoms with Crippen LogP contribution in [0.25, 0.3) is 10.7 Å². The topological polar surface area (TPSA) is 58.0 Å². The number of thiazole rings is 1. The molecule has 5 heteroatoms. The number of aromatic nitrogens is 2. The molecule has 1 saturated carbocycles. The molecule has 2 aromatic rings. The molecule has 1 aliphatic rings. The average Bonchev–Trinajstić information content (AvgIpc) is 3.16. The van der Waals surface area contributed by atoms with Gasteiger partial charge in [-0.1, -0.05) is 18.9 Å². The fourth-order valence-electron chi connectivity index (χ4n) is 2.71. The second-order valence-corrected chi connectivity index (χ2v) is 6.46. The molecule has 4 nitrogen and oxygen atoms in total. The molecular weight excluding hydrogens is 270 g/mol. The van der Waals surface area contributed by atoms with E-state index in [2.05, 4.69) is 15.3 Å². The van der Waals surface area contributed by atoms with Crippen molar-refractivity contribution in [2.24, 2.45) is 0 Å². The van der Waals surface area contributed by atoms with E-state index < -0.39 is 0 Å². The summed E-state index contributed by atoms with van der Waals surface area (Å²) in [6.07, 6.45) is 8.23. The highest BCUT2D eigenvalue weighted by Gasteiger charge is 2.32. The van der Waals surface area contributed by atoms with E-state index in [9.17, 15) is 5.11 Å². The number of aliphatic hydroxyl groups excluding tert-OH is 1. The van der Waals surface area contributed by atoms with E-state index in [4.69, 9.17) is 0 Å². The molecule has 0 saturated heterocycles. The summed E-state index contributed by atoms with van der Waals surface area (Å²) in [7, 11) is 0. The molecule has 3 rings (SSSR count). The number of rotatable bonds is 5. The van der Waals surface area contributed by atoms with Crippen molar-refractivity contribution in [2.45, 2.75) is 37.8 Å². The largest absolute Gasteiger partial charge is 0.394 e. The van der Waals surface area contributed by atoms with E-state index in [0.29, 0.717) is 0 Å². The molecule has 0 atom stereocenters.